The summed E-state index contributed by atoms with van der Waals surface area (Å²) in [7, 11) is 0. The third-order valence-corrected chi connectivity index (χ3v) is 4.66. The lowest BCUT2D eigenvalue weighted by Crippen LogP contribution is -2.25. The minimum atomic E-state index is -0.340. The van der Waals surface area contributed by atoms with E-state index in [0.717, 1.165) is 40.0 Å². The quantitative estimate of drug-likeness (QED) is 0.922. The molecule has 118 valence electrons. The zero-order chi connectivity index (χ0) is 16.4. The number of thioether (sulfide) groups is 1. The van der Waals surface area contributed by atoms with Crippen molar-refractivity contribution >= 4 is 22.9 Å². The number of rotatable bonds is 4. The van der Waals surface area contributed by atoms with E-state index in [2.05, 4.69) is 11.4 Å². The van der Waals surface area contributed by atoms with E-state index < -0.39 is 0 Å². The van der Waals surface area contributed by atoms with Crippen LogP contribution in [0.25, 0.3) is 0 Å². The van der Waals surface area contributed by atoms with Crippen LogP contribution in [0.5, 0.6) is 11.5 Å². The summed E-state index contributed by atoms with van der Waals surface area (Å²) in [6.45, 7) is 4.04. The van der Waals surface area contributed by atoms with Crippen LogP contribution in [0.15, 0.2) is 42.5 Å². The Morgan fingerprint density at radius 2 is 1.83 bits per heavy atom. The number of aryl methyl sites for hydroxylation is 2. The molecule has 1 aliphatic rings. The highest BCUT2D eigenvalue weighted by molar-refractivity contribution is 8.15. The third-order valence-electron chi connectivity index (χ3n) is 3.68. The first kappa shape index (κ1) is 15.6. The number of nitrogens with one attached hydrogen (secondary N) is 1. The van der Waals surface area contributed by atoms with Crippen molar-refractivity contribution in [3.8, 4) is 11.5 Å². The van der Waals surface area contributed by atoms with E-state index >= 15 is 0 Å². The molecule has 1 unspecified atom stereocenters. The Morgan fingerprint density at radius 3 is 2.48 bits per heavy atom. The normalized spacial score (nSPS) is 17.2. The molecular formula is C18H17NO3S. The fourth-order valence-corrected chi connectivity index (χ4v) is 3.24. The van der Waals surface area contributed by atoms with Crippen molar-refractivity contribution in [1.82, 2.24) is 5.32 Å². The summed E-state index contributed by atoms with van der Waals surface area (Å²) < 4.78 is 5.91. The third kappa shape index (κ3) is 3.74. The second-order valence-corrected chi connectivity index (χ2v) is 6.78. The molecule has 1 aliphatic heterocycles. The topological polar surface area (TPSA) is 55.4 Å². The van der Waals surface area contributed by atoms with Crippen LogP contribution in [0.4, 0.5) is 4.79 Å². The number of carbonyl (C=O) groups excluding carboxylic acids is 2. The average Bonchev–Trinajstić information content (AvgIpc) is 2.83. The van der Waals surface area contributed by atoms with Gasteiger partial charge in [-0.2, -0.15) is 0 Å². The Kier molecular flexibility index (Phi) is 4.39. The first-order valence-corrected chi connectivity index (χ1v) is 8.25. The SMILES string of the molecule is Cc1ccc(C)c(Oc2ccc(CC3SC(=O)NC3=O)cc2)c1. The van der Waals surface area contributed by atoms with E-state index in [4.69, 9.17) is 4.74 Å². The van der Waals surface area contributed by atoms with Gasteiger partial charge in [0.25, 0.3) is 5.24 Å². The fraction of sp³-hybridized carbons (Fsp3) is 0.222. The van der Waals surface area contributed by atoms with Crippen LogP contribution in [0, 0.1) is 13.8 Å². The highest BCUT2D eigenvalue weighted by Gasteiger charge is 2.31. The Bertz CT molecular complexity index is 755. The lowest BCUT2D eigenvalue weighted by molar-refractivity contribution is -0.118. The first-order chi connectivity index (χ1) is 11.0. The molecule has 3 rings (SSSR count). The molecule has 4 nitrogen and oxygen atoms in total. The summed E-state index contributed by atoms with van der Waals surface area (Å²) in [5.41, 5.74) is 3.23. The number of hydrogen-bond acceptors (Lipinski definition) is 4. The predicted molar refractivity (Wildman–Crippen MR) is 91.1 cm³/mol. The number of benzene rings is 2. The minimum absolute atomic E-state index is 0.212. The van der Waals surface area contributed by atoms with E-state index in [9.17, 15) is 9.59 Å². The molecule has 23 heavy (non-hydrogen) atoms. The molecule has 0 saturated carbocycles. The van der Waals surface area contributed by atoms with Gasteiger partial charge in [-0.1, -0.05) is 36.0 Å². The van der Waals surface area contributed by atoms with E-state index in [0.29, 0.717) is 6.42 Å². The van der Waals surface area contributed by atoms with Crippen LogP contribution in [0.3, 0.4) is 0 Å². The molecule has 0 bridgehead atoms. The molecule has 2 aromatic rings. The van der Waals surface area contributed by atoms with Gasteiger partial charge >= 0.3 is 0 Å². The molecule has 5 heteroatoms. The maximum absolute atomic E-state index is 11.6. The van der Waals surface area contributed by atoms with Crippen molar-refractivity contribution < 1.29 is 14.3 Å². The number of carbonyl (C=O) groups is 2. The summed E-state index contributed by atoms with van der Waals surface area (Å²) in [4.78, 5) is 22.8. The van der Waals surface area contributed by atoms with E-state index in [-0.39, 0.29) is 16.4 Å². The molecule has 0 spiro atoms. The standard InChI is InChI=1S/C18H17NO3S/c1-11-3-4-12(2)15(9-11)22-14-7-5-13(6-8-14)10-16-17(20)19-18(21)23-16/h3-9,16H,10H2,1-2H3,(H,19,20,21). The lowest BCUT2D eigenvalue weighted by Gasteiger charge is -2.11. The van der Waals surface area contributed by atoms with Gasteiger partial charge in [0.1, 0.15) is 11.5 Å². The maximum Gasteiger partial charge on any atom is 0.286 e. The Balaban J connectivity index is 1.68. The van der Waals surface area contributed by atoms with Crippen molar-refractivity contribution in [2.24, 2.45) is 0 Å². The van der Waals surface area contributed by atoms with Gasteiger partial charge in [0.2, 0.25) is 5.91 Å². The maximum atomic E-state index is 11.6. The molecular weight excluding hydrogens is 310 g/mol. The van der Waals surface area contributed by atoms with E-state index in [1.807, 2.05) is 50.2 Å². The van der Waals surface area contributed by atoms with Crippen LogP contribution in [-0.2, 0) is 11.2 Å². The van der Waals surface area contributed by atoms with Crippen molar-refractivity contribution in [3.05, 3.63) is 59.2 Å². The second kappa shape index (κ2) is 6.46. The largest absolute Gasteiger partial charge is 0.457 e. The van der Waals surface area contributed by atoms with Gasteiger partial charge in [-0.05, 0) is 55.2 Å². The molecule has 0 aliphatic carbocycles. The Labute approximate surface area is 139 Å². The van der Waals surface area contributed by atoms with E-state index in [1.54, 1.807) is 0 Å². The zero-order valence-electron chi connectivity index (χ0n) is 13.0. The number of amides is 2. The van der Waals surface area contributed by atoms with Crippen molar-refractivity contribution in [2.45, 2.75) is 25.5 Å². The molecule has 1 heterocycles. The van der Waals surface area contributed by atoms with Crippen molar-refractivity contribution in [3.63, 3.8) is 0 Å². The Hall–Kier alpha value is -2.27. The summed E-state index contributed by atoms with van der Waals surface area (Å²) in [6, 6.07) is 13.7. The van der Waals surface area contributed by atoms with Gasteiger partial charge in [0, 0.05) is 0 Å². The Morgan fingerprint density at radius 1 is 1.09 bits per heavy atom. The molecule has 1 saturated heterocycles. The van der Waals surface area contributed by atoms with Crippen LogP contribution in [0.1, 0.15) is 16.7 Å². The van der Waals surface area contributed by atoms with Crippen LogP contribution in [0.2, 0.25) is 0 Å². The minimum Gasteiger partial charge on any atom is -0.457 e. The highest BCUT2D eigenvalue weighted by atomic mass is 32.2. The number of hydrogen-bond donors (Lipinski definition) is 1. The zero-order valence-corrected chi connectivity index (χ0v) is 13.8. The monoisotopic (exact) mass is 327 g/mol. The molecule has 1 N–H and O–H groups in total. The van der Waals surface area contributed by atoms with Gasteiger partial charge in [-0.3, -0.25) is 14.9 Å². The smallest absolute Gasteiger partial charge is 0.286 e. The number of imide groups is 1. The molecule has 2 amide bonds. The molecule has 2 aromatic carbocycles. The number of ether oxygens (including phenoxy) is 1. The van der Waals surface area contributed by atoms with Gasteiger partial charge in [-0.15, -0.1) is 0 Å². The van der Waals surface area contributed by atoms with Crippen LogP contribution >= 0.6 is 11.8 Å². The predicted octanol–water partition coefficient (Wildman–Crippen LogP) is 3.99. The van der Waals surface area contributed by atoms with Crippen molar-refractivity contribution in [1.29, 1.82) is 0 Å². The molecule has 0 radical (unpaired) electrons. The average molecular weight is 327 g/mol. The van der Waals surface area contributed by atoms with Gasteiger partial charge < -0.3 is 4.74 Å². The summed E-state index contributed by atoms with van der Waals surface area (Å²) in [6.07, 6.45) is 0.534. The lowest BCUT2D eigenvalue weighted by atomic mass is 10.1. The second-order valence-electron chi connectivity index (χ2n) is 5.60. The van der Waals surface area contributed by atoms with Gasteiger partial charge in [-0.25, -0.2) is 0 Å². The molecule has 1 atom stereocenters. The van der Waals surface area contributed by atoms with Gasteiger partial charge in [0.05, 0.1) is 5.25 Å². The first-order valence-electron chi connectivity index (χ1n) is 7.37. The highest BCUT2D eigenvalue weighted by Crippen LogP contribution is 2.27. The van der Waals surface area contributed by atoms with Crippen molar-refractivity contribution in [2.75, 3.05) is 0 Å². The summed E-state index contributed by atoms with van der Waals surface area (Å²) in [5.74, 6) is 1.38. The fourth-order valence-electron chi connectivity index (χ4n) is 2.38. The van der Waals surface area contributed by atoms with E-state index in [1.165, 1.54) is 0 Å². The van der Waals surface area contributed by atoms with Crippen LogP contribution in [-0.4, -0.2) is 16.4 Å². The molecule has 0 aromatic heterocycles. The van der Waals surface area contributed by atoms with Gasteiger partial charge in [0.15, 0.2) is 0 Å². The van der Waals surface area contributed by atoms with Crippen LogP contribution < -0.4 is 10.1 Å². The summed E-state index contributed by atoms with van der Waals surface area (Å²) in [5, 5.41) is 1.69. The molecule has 1 fully saturated rings. The summed E-state index contributed by atoms with van der Waals surface area (Å²) >= 11 is 1.05.